The maximum Gasteiger partial charge on any atom is 0.219 e. The average molecular weight is 375 g/mol. The van der Waals surface area contributed by atoms with Crippen LogP contribution < -0.4 is 0 Å². The van der Waals surface area contributed by atoms with Crippen LogP contribution in [0.1, 0.15) is 56.1 Å². The van der Waals surface area contributed by atoms with E-state index in [0.29, 0.717) is 24.0 Å². The Morgan fingerprint density at radius 1 is 1.31 bits per heavy atom. The first-order chi connectivity index (χ1) is 12.2. The van der Waals surface area contributed by atoms with E-state index in [9.17, 15) is 18.1 Å². The lowest BCUT2D eigenvalue weighted by molar-refractivity contribution is -0.0511. The van der Waals surface area contributed by atoms with Crippen molar-refractivity contribution >= 4 is 10.4 Å². The quantitative estimate of drug-likeness (QED) is 0.488. The lowest BCUT2D eigenvalue weighted by atomic mass is 9.53. The number of hydrogen-bond donors (Lipinski definition) is 1. The van der Waals surface area contributed by atoms with Crippen molar-refractivity contribution in [3.63, 3.8) is 0 Å². The second-order valence-electron chi connectivity index (χ2n) is 8.26. The minimum absolute atomic E-state index is 0.223. The molecule has 3 aliphatic rings. The smallest absolute Gasteiger partial charge is 0.219 e. The van der Waals surface area contributed by atoms with Crippen LogP contribution >= 0.6 is 0 Å². The van der Waals surface area contributed by atoms with Gasteiger partial charge >= 0.3 is 0 Å². The molecule has 0 spiro atoms. The molecular weight excluding hydrogens is 352 g/mol. The normalized spacial score (nSPS) is 38.7. The molecule has 0 aliphatic heterocycles. The van der Waals surface area contributed by atoms with E-state index in [1.807, 2.05) is 19.1 Å². The molecule has 5 nitrogen and oxygen atoms in total. The Morgan fingerprint density at radius 3 is 2.77 bits per heavy atom. The first-order valence-corrected chi connectivity index (χ1v) is 10.5. The molecule has 0 unspecified atom stereocenters. The summed E-state index contributed by atoms with van der Waals surface area (Å²) in [6.45, 7) is 2.00. The monoisotopic (exact) mass is 375 g/mol. The van der Waals surface area contributed by atoms with Crippen molar-refractivity contribution in [1.82, 2.24) is 0 Å². The van der Waals surface area contributed by atoms with Gasteiger partial charge in [-0.1, -0.05) is 18.9 Å². The molecule has 0 heterocycles. The Kier molecular flexibility index (Phi) is 3.93. The largest absolute Gasteiger partial charge is 0.725 e. The molecule has 5 atom stereocenters. The van der Waals surface area contributed by atoms with Crippen LogP contribution in [0.2, 0.25) is 0 Å². The zero-order valence-corrected chi connectivity index (χ0v) is 15.6. The molecule has 3 aliphatic carbocycles. The van der Waals surface area contributed by atoms with Crippen LogP contribution in [-0.2, 0) is 21.0 Å². The number of hydrogen-bond acceptors (Lipinski definition) is 5. The van der Waals surface area contributed by atoms with Crippen molar-refractivity contribution in [2.24, 2.45) is 17.3 Å². The molecule has 2 saturated carbocycles. The number of aromatic hydroxyl groups is 1. The Bertz CT molecular complexity index is 886. The van der Waals surface area contributed by atoms with Crippen LogP contribution in [0.4, 0.5) is 0 Å². The van der Waals surface area contributed by atoms with Crippen LogP contribution in [0.5, 0.6) is 5.75 Å². The summed E-state index contributed by atoms with van der Waals surface area (Å²) in [5.41, 5.74) is 0.638. The first-order valence-electron chi connectivity index (χ1n) is 9.15. The van der Waals surface area contributed by atoms with Gasteiger partial charge in [-0.05, 0) is 79.5 Å². The maximum atomic E-state index is 11.3. The van der Waals surface area contributed by atoms with Gasteiger partial charge < -0.3 is 9.66 Å². The summed E-state index contributed by atoms with van der Waals surface area (Å²) < 4.78 is 39.1. The summed E-state index contributed by atoms with van der Waals surface area (Å²) in [5, 5.41) is 9.76. The topological polar surface area (TPSA) is 86.7 Å². The molecular formula is C20H23O5S-. The molecule has 140 valence electrons. The Labute approximate surface area is 154 Å². The molecule has 0 radical (unpaired) electrons. The summed E-state index contributed by atoms with van der Waals surface area (Å²) in [4.78, 5) is 0. The number of benzene rings is 1. The van der Waals surface area contributed by atoms with Crippen LogP contribution in [0.25, 0.3) is 0 Å². The minimum Gasteiger partial charge on any atom is -0.725 e. The van der Waals surface area contributed by atoms with Gasteiger partial charge in [0.15, 0.2) is 5.60 Å². The van der Waals surface area contributed by atoms with E-state index in [1.165, 1.54) is 11.1 Å². The molecule has 26 heavy (non-hydrogen) atoms. The minimum atomic E-state index is -4.87. The van der Waals surface area contributed by atoms with Gasteiger partial charge in [0.2, 0.25) is 10.4 Å². The molecule has 0 saturated heterocycles. The molecule has 6 heteroatoms. The van der Waals surface area contributed by atoms with Gasteiger partial charge in [-0.3, -0.25) is 4.18 Å². The summed E-state index contributed by atoms with van der Waals surface area (Å²) in [6.07, 6.45) is 10.4. The SMILES string of the molecule is C#C[C@]1(OS(=O)(=O)[O-])CC[C@H]2[C@@H]3CCc4cc(O)ccc4[C@H]3CC[C@@]21C. The van der Waals surface area contributed by atoms with E-state index < -0.39 is 21.4 Å². The van der Waals surface area contributed by atoms with E-state index in [0.717, 1.165) is 32.1 Å². The van der Waals surface area contributed by atoms with Gasteiger partial charge in [0.05, 0.1) is 0 Å². The number of phenolic OH excluding ortho intramolecular Hbond substituents is 1. The molecule has 0 bridgehead atoms. The van der Waals surface area contributed by atoms with Gasteiger partial charge in [-0.25, -0.2) is 8.42 Å². The second-order valence-corrected chi connectivity index (χ2v) is 9.24. The third kappa shape index (κ3) is 2.49. The van der Waals surface area contributed by atoms with E-state index in [1.54, 1.807) is 6.07 Å². The van der Waals surface area contributed by atoms with E-state index in [-0.39, 0.29) is 5.92 Å². The van der Waals surface area contributed by atoms with Crippen LogP contribution in [0.3, 0.4) is 0 Å². The Hall–Kier alpha value is -1.55. The average Bonchev–Trinajstić information content (AvgIpc) is 2.86. The van der Waals surface area contributed by atoms with Gasteiger partial charge in [-0.15, -0.1) is 6.42 Å². The molecule has 1 aromatic rings. The third-order valence-electron chi connectivity index (χ3n) is 7.31. The van der Waals surface area contributed by atoms with Crippen LogP contribution in [0, 0.1) is 29.6 Å². The molecule has 0 aromatic heterocycles. The van der Waals surface area contributed by atoms with E-state index in [4.69, 9.17) is 10.6 Å². The van der Waals surface area contributed by atoms with Gasteiger partial charge in [0, 0.05) is 5.41 Å². The first kappa shape index (κ1) is 17.8. The summed E-state index contributed by atoms with van der Waals surface area (Å²) >= 11 is 0. The number of aryl methyl sites for hydroxylation is 1. The van der Waals surface area contributed by atoms with Crippen molar-refractivity contribution < 1.29 is 22.3 Å². The zero-order valence-electron chi connectivity index (χ0n) is 14.8. The fraction of sp³-hybridized carbons (Fsp3) is 0.600. The highest BCUT2D eigenvalue weighted by Gasteiger charge is 2.63. The molecule has 1 aromatic carbocycles. The Balaban J connectivity index is 1.71. The van der Waals surface area contributed by atoms with E-state index >= 15 is 0 Å². The van der Waals surface area contributed by atoms with Crippen molar-refractivity contribution in [3.05, 3.63) is 29.3 Å². The Morgan fingerprint density at radius 2 is 2.08 bits per heavy atom. The molecule has 2 fully saturated rings. The van der Waals surface area contributed by atoms with Crippen molar-refractivity contribution in [1.29, 1.82) is 0 Å². The predicted octanol–water partition coefficient (Wildman–Crippen LogP) is 3.10. The molecule has 4 rings (SSSR count). The number of fused-ring (bicyclic) bond motifs is 5. The van der Waals surface area contributed by atoms with Crippen molar-refractivity contribution in [2.75, 3.05) is 0 Å². The number of phenols is 1. The van der Waals surface area contributed by atoms with Crippen molar-refractivity contribution in [2.45, 2.75) is 57.0 Å². The van der Waals surface area contributed by atoms with E-state index in [2.05, 4.69) is 5.92 Å². The summed E-state index contributed by atoms with van der Waals surface area (Å²) in [5.74, 6) is 3.85. The van der Waals surface area contributed by atoms with Crippen LogP contribution in [0.15, 0.2) is 18.2 Å². The maximum absolute atomic E-state index is 11.3. The fourth-order valence-electron chi connectivity index (χ4n) is 6.14. The van der Waals surface area contributed by atoms with Gasteiger partial charge in [0.1, 0.15) is 5.75 Å². The standard InChI is InChI=1S/C20H24O5S/c1-3-20(25-26(22,23)24)11-9-18-17-6-4-13-12-14(21)5-7-15(13)16(17)8-10-19(18,20)2/h1,5,7,12,16-18,21H,4,6,8-11H2,2H3,(H,22,23,24)/p-1/t16-,17-,18+,19+,20+/m1/s1. The van der Waals surface area contributed by atoms with Gasteiger partial charge in [-0.2, -0.15) is 0 Å². The lowest BCUT2D eigenvalue weighted by Crippen LogP contribution is -2.52. The number of terminal acetylenes is 1. The molecule has 1 N–H and O–H groups in total. The second kappa shape index (κ2) is 5.72. The highest BCUT2D eigenvalue weighted by Crippen LogP contribution is 2.65. The summed E-state index contributed by atoms with van der Waals surface area (Å²) in [6, 6.07) is 5.61. The summed E-state index contributed by atoms with van der Waals surface area (Å²) in [7, 11) is -4.87. The van der Waals surface area contributed by atoms with Crippen LogP contribution in [-0.4, -0.2) is 23.7 Å². The highest BCUT2D eigenvalue weighted by molar-refractivity contribution is 7.80. The highest BCUT2D eigenvalue weighted by atomic mass is 32.3. The third-order valence-corrected chi connectivity index (χ3v) is 7.80. The fourth-order valence-corrected chi connectivity index (χ4v) is 6.81. The number of rotatable bonds is 2. The molecule has 0 amide bonds. The predicted molar refractivity (Wildman–Crippen MR) is 95.1 cm³/mol. The van der Waals surface area contributed by atoms with Gasteiger partial charge in [0.25, 0.3) is 0 Å². The van der Waals surface area contributed by atoms with Crippen molar-refractivity contribution in [3.8, 4) is 18.1 Å². The lowest BCUT2D eigenvalue weighted by Gasteiger charge is -2.53. The zero-order chi connectivity index (χ0) is 18.7.